The molecule has 2 aromatic heterocycles. The molecule has 1 fully saturated rings. The fraction of sp³-hybridized carbons (Fsp3) is 0.467. The molecule has 0 bridgehead atoms. The summed E-state index contributed by atoms with van der Waals surface area (Å²) in [5.74, 6) is 0.455. The van der Waals surface area contributed by atoms with Crippen LogP contribution in [0.25, 0.3) is 5.52 Å². The van der Waals surface area contributed by atoms with E-state index in [1.807, 2.05) is 30.6 Å². The van der Waals surface area contributed by atoms with Crippen molar-refractivity contribution >= 4 is 44.1 Å². The molecular weight excluding hydrogens is 367 g/mol. The summed E-state index contributed by atoms with van der Waals surface area (Å²) in [5, 5.41) is 13.1. The van der Waals surface area contributed by atoms with Gasteiger partial charge in [-0.1, -0.05) is 27.7 Å². The zero-order valence-corrected chi connectivity index (χ0v) is 15.1. The number of aryl methyl sites for hydroxylation is 1. The first-order valence-electron chi connectivity index (χ1n) is 7.20. The Hall–Kier alpha value is -1.08. The van der Waals surface area contributed by atoms with E-state index in [0.717, 1.165) is 51.7 Å². The van der Waals surface area contributed by atoms with Gasteiger partial charge in [-0.2, -0.15) is 5.10 Å². The predicted molar refractivity (Wildman–Crippen MR) is 93.9 cm³/mol. The lowest BCUT2D eigenvalue weighted by atomic mass is 10.2. The number of amidine groups is 1. The van der Waals surface area contributed by atoms with E-state index in [9.17, 15) is 4.39 Å². The molecule has 2 aromatic rings. The Morgan fingerprint density at radius 3 is 2.82 bits per heavy atom. The molecule has 1 atom stereocenters. The van der Waals surface area contributed by atoms with Crippen LogP contribution in [-0.2, 0) is 0 Å². The van der Waals surface area contributed by atoms with E-state index in [1.54, 1.807) is 4.90 Å². The van der Waals surface area contributed by atoms with Crippen LogP contribution in [-0.4, -0.2) is 27.3 Å². The summed E-state index contributed by atoms with van der Waals surface area (Å²) in [7, 11) is 1.82. The normalized spacial score (nSPS) is 16.0. The SMILES string of the molecule is Cc1cc(Br)cc2c(N(C)C(=N)SC(C)F)c(C3CC3)nn12. The van der Waals surface area contributed by atoms with Crippen LogP contribution in [0.3, 0.4) is 0 Å². The fourth-order valence-corrected chi connectivity index (χ4v) is 3.69. The average molecular weight is 385 g/mol. The highest BCUT2D eigenvalue weighted by molar-refractivity contribution is 9.10. The minimum atomic E-state index is -1.10. The maximum atomic E-state index is 13.2. The molecule has 1 aliphatic rings. The van der Waals surface area contributed by atoms with Gasteiger partial charge in [0.25, 0.3) is 0 Å². The fourth-order valence-electron chi connectivity index (χ4n) is 2.58. The van der Waals surface area contributed by atoms with Gasteiger partial charge in [0.1, 0.15) is 5.50 Å². The number of hydrogen-bond donors (Lipinski definition) is 1. The van der Waals surface area contributed by atoms with Crippen LogP contribution in [0.15, 0.2) is 16.6 Å². The average Bonchev–Trinajstić information content (AvgIpc) is 3.18. The highest BCUT2D eigenvalue weighted by atomic mass is 79.9. The van der Waals surface area contributed by atoms with Crippen molar-refractivity contribution in [2.45, 2.75) is 38.1 Å². The van der Waals surface area contributed by atoms with Gasteiger partial charge in [-0.3, -0.25) is 5.41 Å². The lowest BCUT2D eigenvalue weighted by Gasteiger charge is -2.20. The van der Waals surface area contributed by atoms with Gasteiger partial charge in [0.15, 0.2) is 5.17 Å². The zero-order chi connectivity index (χ0) is 16.0. The van der Waals surface area contributed by atoms with E-state index in [1.165, 1.54) is 6.92 Å². The van der Waals surface area contributed by atoms with E-state index < -0.39 is 5.50 Å². The van der Waals surface area contributed by atoms with E-state index in [-0.39, 0.29) is 5.17 Å². The Morgan fingerprint density at radius 1 is 1.55 bits per heavy atom. The monoisotopic (exact) mass is 384 g/mol. The van der Waals surface area contributed by atoms with Crippen LogP contribution in [0, 0.1) is 12.3 Å². The van der Waals surface area contributed by atoms with Gasteiger partial charge >= 0.3 is 0 Å². The van der Waals surface area contributed by atoms with Crippen molar-refractivity contribution in [2.24, 2.45) is 0 Å². The summed E-state index contributed by atoms with van der Waals surface area (Å²) in [6.45, 7) is 3.46. The lowest BCUT2D eigenvalue weighted by Crippen LogP contribution is -2.24. The van der Waals surface area contributed by atoms with Crippen molar-refractivity contribution < 1.29 is 4.39 Å². The molecule has 4 nitrogen and oxygen atoms in total. The van der Waals surface area contributed by atoms with Crippen LogP contribution in [0.5, 0.6) is 0 Å². The van der Waals surface area contributed by atoms with Crippen LogP contribution >= 0.6 is 27.7 Å². The number of alkyl halides is 1. The molecule has 0 amide bonds. The third-order valence-corrected chi connectivity index (χ3v) is 5.03. The Morgan fingerprint density at radius 2 is 2.23 bits per heavy atom. The molecule has 118 valence electrons. The van der Waals surface area contributed by atoms with Crippen LogP contribution < -0.4 is 4.90 Å². The second kappa shape index (κ2) is 5.85. The molecule has 0 radical (unpaired) electrons. The number of anilines is 1. The Labute approximate surface area is 141 Å². The molecule has 3 rings (SSSR count). The van der Waals surface area contributed by atoms with Gasteiger partial charge in [0.05, 0.1) is 16.9 Å². The number of aromatic nitrogens is 2. The molecule has 1 N–H and O–H groups in total. The minimum absolute atomic E-state index is 0.199. The number of rotatable bonds is 3. The first-order valence-corrected chi connectivity index (χ1v) is 8.87. The van der Waals surface area contributed by atoms with Crippen molar-refractivity contribution in [1.82, 2.24) is 9.61 Å². The number of pyridine rings is 1. The second-order valence-corrected chi connectivity index (χ2v) is 7.83. The standard InChI is InChI=1S/C15H18BrFN4S/c1-8-6-11(16)7-12-14(20(3)15(18)22-9(2)17)13(10-4-5-10)19-21(8)12/h6-7,9-10,18H,4-5H2,1-3H3. The van der Waals surface area contributed by atoms with Gasteiger partial charge < -0.3 is 4.90 Å². The molecule has 7 heteroatoms. The van der Waals surface area contributed by atoms with E-state index in [2.05, 4.69) is 15.9 Å². The first-order chi connectivity index (χ1) is 10.4. The third kappa shape index (κ3) is 2.88. The van der Waals surface area contributed by atoms with Crippen molar-refractivity contribution in [1.29, 1.82) is 5.41 Å². The molecule has 1 unspecified atom stereocenters. The highest BCUT2D eigenvalue weighted by Gasteiger charge is 2.33. The summed E-state index contributed by atoms with van der Waals surface area (Å²) in [4.78, 5) is 1.75. The Bertz CT molecular complexity index is 739. The number of hydrogen-bond acceptors (Lipinski definition) is 3. The summed E-state index contributed by atoms with van der Waals surface area (Å²) in [6.07, 6.45) is 2.26. The largest absolute Gasteiger partial charge is 0.321 e. The number of nitrogens with one attached hydrogen (secondary N) is 1. The van der Waals surface area contributed by atoms with Gasteiger partial charge in [-0.25, -0.2) is 8.91 Å². The lowest BCUT2D eigenvalue weighted by molar-refractivity contribution is 0.485. The van der Waals surface area contributed by atoms with Gasteiger partial charge in [0.2, 0.25) is 0 Å². The van der Waals surface area contributed by atoms with Crippen LogP contribution in [0.1, 0.15) is 37.1 Å². The molecule has 0 aromatic carbocycles. The van der Waals surface area contributed by atoms with Gasteiger partial charge in [0, 0.05) is 23.1 Å². The maximum Gasteiger partial charge on any atom is 0.163 e. The topological polar surface area (TPSA) is 44.4 Å². The minimum Gasteiger partial charge on any atom is -0.321 e. The quantitative estimate of drug-likeness (QED) is 0.615. The second-order valence-electron chi connectivity index (χ2n) is 5.65. The van der Waals surface area contributed by atoms with Crippen LogP contribution in [0.2, 0.25) is 0 Å². The Balaban J connectivity index is 2.13. The van der Waals surface area contributed by atoms with Crippen LogP contribution in [0.4, 0.5) is 10.1 Å². The van der Waals surface area contributed by atoms with Gasteiger partial charge in [-0.15, -0.1) is 0 Å². The Kier molecular flexibility index (Phi) is 4.20. The molecule has 0 saturated heterocycles. The van der Waals surface area contributed by atoms with E-state index >= 15 is 0 Å². The van der Waals surface area contributed by atoms with Crippen molar-refractivity contribution in [3.8, 4) is 0 Å². The molecule has 1 aliphatic carbocycles. The molecule has 0 aliphatic heterocycles. The molecule has 0 spiro atoms. The van der Waals surface area contributed by atoms with E-state index in [4.69, 9.17) is 10.5 Å². The first kappa shape index (κ1) is 15.8. The summed E-state index contributed by atoms with van der Waals surface area (Å²) < 4.78 is 16.1. The predicted octanol–water partition coefficient (Wildman–Crippen LogP) is 4.70. The number of fused-ring (bicyclic) bond motifs is 1. The zero-order valence-electron chi connectivity index (χ0n) is 12.7. The molecule has 1 saturated carbocycles. The van der Waals surface area contributed by atoms with Gasteiger partial charge in [-0.05, 0) is 38.8 Å². The summed E-state index contributed by atoms with van der Waals surface area (Å²) >= 11 is 4.44. The van der Waals surface area contributed by atoms with Crippen molar-refractivity contribution in [3.63, 3.8) is 0 Å². The van der Waals surface area contributed by atoms with Crippen molar-refractivity contribution in [2.75, 3.05) is 11.9 Å². The summed E-state index contributed by atoms with van der Waals surface area (Å²) in [5.41, 5.74) is 2.82. The smallest absolute Gasteiger partial charge is 0.163 e. The maximum absolute atomic E-state index is 13.2. The number of thioether (sulfide) groups is 1. The number of nitrogens with zero attached hydrogens (tertiary/aromatic N) is 3. The number of halogens is 2. The highest BCUT2D eigenvalue weighted by Crippen LogP contribution is 2.45. The molecule has 22 heavy (non-hydrogen) atoms. The van der Waals surface area contributed by atoms with E-state index in [0.29, 0.717) is 5.92 Å². The van der Waals surface area contributed by atoms with Crippen molar-refractivity contribution in [3.05, 3.63) is 28.0 Å². The summed E-state index contributed by atoms with van der Waals surface area (Å²) in [6, 6.07) is 4.03. The molecule has 2 heterocycles. The third-order valence-electron chi connectivity index (χ3n) is 3.75. The molecular formula is C15H18BrFN4S.